The SMILES string of the molecule is CC[C@@H](C)NC(=O)[C@@H](C)N(Cc1ccc(Cl)c(Cl)c1)C(=O)CSCc1ccc(C)cc1. The number of aryl methyl sites for hydroxylation is 1. The number of benzene rings is 2. The van der Waals surface area contributed by atoms with Crippen LogP contribution >= 0.6 is 35.0 Å². The highest BCUT2D eigenvalue weighted by molar-refractivity contribution is 7.99. The first-order valence-electron chi connectivity index (χ1n) is 10.4. The van der Waals surface area contributed by atoms with Crippen LogP contribution in [0.1, 0.15) is 43.9 Å². The predicted molar refractivity (Wildman–Crippen MR) is 132 cm³/mol. The maximum absolute atomic E-state index is 13.1. The van der Waals surface area contributed by atoms with Gasteiger partial charge in [-0.2, -0.15) is 0 Å². The smallest absolute Gasteiger partial charge is 0.242 e. The van der Waals surface area contributed by atoms with Gasteiger partial charge in [0.1, 0.15) is 6.04 Å². The van der Waals surface area contributed by atoms with Gasteiger partial charge in [0, 0.05) is 18.3 Å². The molecule has 0 fully saturated rings. The van der Waals surface area contributed by atoms with Crippen molar-refractivity contribution in [1.82, 2.24) is 10.2 Å². The van der Waals surface area contributed by atoms with Crippen molar-refractivity contribution in [2.24, 2.45) is 0 Å². The molecule has 4 nitrogen and oxygen atoms in total. The molecule has 0 aliphatic rings. The van der Waals surface area contributed by atoms with Crippen molar-refractivity contribution < 1.29 is 9.59 Å². The largest absolute Gasteiger partial charge is 0.352 e. The molecule has 0 radical (unpaired) electrons. The maximum atomic E-state index is 13.1. The number of thioether (sulfide) groups is 1. The Morgan fingerprint density at radius 3 is 2.29 bits per heavy atom. The quantitative estimate of drug-likeness (QED) is 0.462. The third-order valence-electron chi connectivity index (χ3n) is 5.12. The van der Waals surface area contributed by atoms with Gasteiger partial charge in [-0.3, -0.25) is 9.59 Å². The molecule has 1 N–H and O–H groups in total. The standard InChI is InChI=1S/C24H30Cl2N2O2S/c1-5-17(3)27-24(30)18(4)28(13-20-10-11-21(25)22(26)12-20)23(29)15-31-14-19-8-6-16(2)7-9-19/h6-12,17-18H,5,13-15H2,1-4H3,(H,27,30)/t17-,18-/m1/s1. The van der Waals surface area contributed by atoms with Gasteiger partial charge in [-0.15, -0.1) is 11.8 Å². The fraction of sp³-hybridized carbons (Fsp3) is 0.417. The summed E-state index contributed by atoms with van der Waals surface area (Å²) < 4.78 is 0. The van der Waals surface area contributed by atoms with Crippen LogP contribution in [0.25, 0.3) is 0 Å². The van der Waals surface area contributed by atoms with Crippen LogP contribution in [0.2, 0.25) is 10.0 Å². The van der Waals surface area contributed by atoms with Crippen molar-refractivity contribution in [2.45, 2.75) is 58.5 Å². The van der Waals surface area contributed by atoms with Crippen LogP contribution in [0.4, 0.5) is 0 Å². The number of hydrogen-bond acceptors (Lipinski definition) is 3. The third kappa shape index (κ3) is 8.06. The van der Waals surface area contributed by atoms with E-state index < -0.39 is 6.04 Å². The lowest BCUT2D eigenvalue weighted by atomic mass is 10.1. The molecular weight excluding hydrogens is 451 g/mol. The van der Waals surface area contributed by atoms with Gasteiger partial charge in [-0.1, -0.05) is 66.0 Å². The van der Waals surface area contributed by atoms with E-state index in [2.05, 4.69) is 29.6 Å². The van der Waals surface area contributed by atoms with E-state index in [1.54, 1.807) is 35.7 Å². The molecule has 31 heavy (non-hydrogen) atoms. The van der Waals surface area contributed by atoms with E-state index in [0.29, 0.717) is 10.0 Å². The number of carbonyl (C=O) groups excluding carboxylic acids is 2. The van der Waals surface area contributed by atoms with E-state index in [9.17, 15) is 9.59 Å². The van der Waals surface area contributed by atoms with E-state index in [-0.39, 0.29) is 30.2 Å². The zero-order valence-electron chi connectivity index (χ0n) is 18.5. The lowest BCUT2D eigenvalue weighted by Crippen LogP contribution is -2.50. The summed E-state index contributed by atoms with van der Waals surface area (Å²) in [5.74, 6) is 0.775. The second kappa shape index (κ2) is 12.4. The van der Waals surface area contributed by atoms with Crippen LogP contribution in [-0.2, 0) is 21.9 Å². The fourth-order valence-corrected chi connectivity index (χ4v) is 4.10. The minimum atomic E-state index is -0.601. The number of rotatable bonds is 10. The van der Waals surface area contributed by atoms with Crippen molar-refractivity contribution in [3.05, 3.63) is 69.2 Å². The zero-order chi connectivity index (χ0) is 23.0. The predicted octanol–water partition coefficient (Wildman–Crippen LogP) is 5.87. The molecular formula is C24H30Cl2N2O2S. The highest BCUT2D eigenvalue weighted by Gasteiger charge is 2.26. The Kier molecular flexibility index (Phi) is 10.2. The molecule has 2 rings (SSSR count). The van der Waals surface area contributed by atoms with Crippen LogP contribution in [0, 0.1) is 6.92 Å². The van der Waals surface area contributed by atoms with Gasteiger partial charge in [0.2, 0.25) is 11.8 Å². The summed E-state index contributed by atoms with van der Waals surface area (Å²) in [6.45, 7) is 8.06. The van der Waals surface area contributed by atoms with Crippen LogP contribution < -0.4 is 5.32 Å². The Morgan fingerprint density at radius 2 is 1.68 bits per heavy atom. The average Bonchev–Trinajstić information content (AvgIpc) is 2.75. The van der Waals surface area contributed by atoms with Crippen molar-refractivity contribution in [3.8, 4) is 0 Å². The minimum absolute atomic E-state index is 0.0489. The molecule has 0 bridgehead atoms. The van der Waals surface area contributed by atoms with Crippen LogP contribution in [0.3, 0.4) is 0 Å². The first kappa shape index (κ1) is 25.6. The highest BCUT2D eigenvalue weighted by atomic mass is 35.5. The van der Waals surface area contributed by atoms with Crippen LogP contribution in [-0.4, -0.2) is 34.6 Å². The highest BCUT2D eigenvalue weighted by Crippen LogP contribution is 2.24. The molecule has 0 aliphatic carbocycles. The molecule has 0 unspecified atom stereocenters. The van der Waals surface area contributed by atoms with E-state index in [1.165, 1.54) is 11.1 Å². The Balaban J connectivity index is 2.10. The number of nitrogens with one attached hydrogen (secondary N) is 1. The summed E-state index contributed by atoms with van der Waals surface area (Å²) in [6.07, 6.45) is 0.825. The van der Waals surface area contributed by atoms with Crippen molar-refractivity contribution in [3.63, 3.8) is 0 Å². The van der Waals surface area contributed by atoms with Gasteiger partial charge in [-0.05, 0) is 50.5 Å². The van der Waals surface area contributed by atoms with Gasteiger partial charge in [0.25, 0.3) is 0 Å². The van der Waals surface area contributed by atoms with Crippen molar-refractivity contribution in [2.75, 3.05) is 5.75 Å². The second-order valence-corrected chi connectivity index (χ2v) is 9.54. The Morgan fingerprint density at radius 1 is 1.03 bits per heavy atom. The molecule has 0 saturated heterocycles. The van der Waals surface area contributed by atoms with Gasteiger partial charge in [0.15, 0.2) is 0 Å². The molecule has 7 heteroatoms. The average molecular weight is 481 g/mol. The monoisotopic (exact) mass is 480 g/mol. The first-order chi connectivity index (χ1) is 14.7. The number of carbonyl (C=O) groups is 2. The topological polar surface area (TPSA) is 49.4 Å². The van der Waals surface area contributed by atoms with Gasteiger partial charge >= 0.3 is 0 Å². The Bertz CT molecular complexity index is 890. The fourth-order valence-electron chi connectivity index (χ4n) is 2.91. The van der Waals surface area contributed by atoms with E-state index in [1.807, 2.05) is 26.8 Å². The molecule has 168 valence electrons. The number of nitrogens with zero attached hydrogens (tertiary/aromatic N) is 1. The van der Waals surface area contributed by atoms with Crippen LogP contribution in [0.15, 0.2) is 42.5 Å². The number of amides is 2. The normalized spacial score (nSPS) is 12.8. The molecule has 0 aliphatic heterocycles. The zero-order valence-corrected chi connectivity index (χ0v) is 20.8. The molecule has 0 saturated carbocycles. The Labute approximate surface area is 199 Å². The molecule has 0 heterocycles. The molecule has 0 aromatic heterocycles. The van der Waals surface area contributed by atoms with E-state index in [0.717, 1.165) is 17.7 Å². The van der Waals surface area contributed by atoms with Crippen molar-refractivity contribution >= 4 is 46.8 Å². The summed E-state index contributed by atoms with van der Waals surface area (Å²) in [4.78, 5) is 27.5. The summed E-state index contributed by atoms with van der Waals surface area (Å²) >= 11 is 13.7. The molecule has 2 amide bonds. The third-order valence-corrected chi connectivity index (χ3v) is 6.85. The first-order valence-corrected chi connectivity index (χ1v) is 12.3. The summed E-state index contributed by atoms with van der Waals surface area (Å²) in [5, 5.41) is 3.86. The summed E-state index contributed by atoms with van der Waals surface area (Å²) in [6, 6.07) is 13.0. The van der Waals surface area contributed by atoms with Gasteiger partial charge in [0.05, 0.1) is 15.8 Å². The molecule has 2 atom stereocenters. The molecule has 2 aromatic carbocycles. The number of halogens is 2. The molecule has 2 aromatic rings. The second-order valence-electron chi connectivity index (χ2n) is 7.74. The lowest BCUT2D eigenvalue weighted by molar-refractivity contribution is -0.138. The lowest BCUT2D eigenvalue weighted by Gasteiger charge is -2.29. The van der Waals surface area contributed by atoms with Gasteiger partial charge in [-0.25, -0.2) is 0 Å². The molecule has 0 spiro atoms. The van der Waals surface area contributed by atoms with E-state index >= 15 is 0 Å². The van der Waals surface area contributed by atoms with Crippen molar-refractivity contribution in [1.29, 1.82) is 0 Å². The number of hydrogen-bond donors (Lipinski definition) is 1. The van der Waals surface area contributed by atoms with E-state index in [4.69, 9.17) is 23.2 Å². The maximum Gasteiger partial charge on any atom is 0.242 e. The Hall–Kier alpha value is -1.69. The van der Waals surface area contributed by atoms with Crippen LogP contribution in [0.5, 0.6) is 0 Å². The summed E-state index contributed by atoms with van der Waals surface area (Å²) in [7, 11) is 0. The summed E-state index contributed by atoms with van der Waals surface area (Å²) in [5.41, 5.74) is 3.20. The van der Waals surface area contributed by atoms with Gasteiger partial charge < -0.3 is 10.2 Å². The minimum Gasteiger partial charge on any atom is -0.352 e.